The van der Waals surface area contributed by atoms with Crippen molar-refractivity contribution in [3.05, 3.63) is 0 Å². The monoisotopic (exact) mass is 372 g/mol. The van der Waals surface area contributed by atoms with Crippen LogP contribution in [0, 0.1) is 0 Å². The molecule has 0 aliphatic rings. The van der Waals surface area contributed by atoms with E-state index in [1.54, 1.807) is 0 Å². The Morgan fingerprint density at radius 1 is 0.480 bits per heavy atom. The summed E-state index contributed by atoms with van der Waals surface area (Å²) in [6, 6.07) is 1.17. The Balaban J connectivity index is 3.47. The fraction of sp³-hybridized carbons (Fsp3) is 1.00. The van der Waals surface area contributed by atoms with Crippen molar-refractivity contribution in [2.24, 2.45) is 0 Å². The maximum absolute atomic E-state index is 6.10. The second-order valence-electron chi connectivity index (χ2n) is 7.82. The van der Waals surface area contributed by atoms with Gasteiger partial charge in [-0.3, -0.25) is 0 Å². The highest BCUT2D eigenvalue weighted by Crippen LogP contribution is 2.20. The van der Waals surface area contributed by atoms with Crippen LogP contribution >= 0.6 is 0 Å². The largest absolute Gasteiger partial charge is 0.394 e. The van der Waals surface area contributed by atoms with Gasteiger partial charge in [-0.05, 0) is 25.4 Å². The normalized spacial score (nSPS) is 12.0. The number of rotatable bonds is 20. The fourth-order valence-corrected chi connectivity index (χ4v) is 5.82. The van der Waals surface area contributed by atoms with Crippen molar-refractivity contribution in [2.75, 3.05) is 13.2 Å². The van der Waals surface area contributed by atoms with E-state index in [0.717, 1.165) is 26.1 Å². The van der Waals surface area contributed by atoms with Crippen LogP contribution in [0.2, 0.25) is 12.6 Å². The average Bonchev–Trinajstić information content (AvgIpc) is 2.62. The van der Waals surface area contributed by atoms with Crippen LogP contribution in [-0.4, -0.2) is 21.8 Å². The van der Waals surface area contributed by atoms with Crippen LogP contribution < -0.4 is 0 Å². The molecule has 25 heavy (non-hydrogen) atoms. The summed E-state index contributed by atoms with van der Waals surface area (Å²) in [7, 11) is -1.89. The summed E-state index contributed by atoms with van der Waals surface area (Å²) in [5.74, 6) is 0. The van der Waals surface area contributed by atoms with E-state index in [2.05, 4.69) is 27.3 Å². The van der Waals surface area contributed by atoms with Crippen LogP contribution in [0.5, 0.6) is 0 Å². The minimum atomic E-state index is -1.89. The van der Waals surface area contributed by atoms with E-state index in [-0.39, 0.29) is 0 Å². The summed E-state index contributed by atoms with van der Waals surface area (Å²) in [6.07, 6.45) is 20.6. The van der Waals surface area contributed by atoms with Crippen LogP contribution in [0.3, 0.4) is 0 Å². The molecule has 0 unspecified atom stereocenters. The van der Waals surface area contributed by atoms with Crippen LogP contribution in [0.1, 0.15) is 117 Å². The van der Waals surface area contributed by atoms with Crippen molar-refractivity contribution in [1.82, 2.24) is 0 Å². The Hall–Kier alpha value is 0.137. The second kappa shape index (κ2) is 18.9. The molecule has 0 aromatic carbocycles. The third-order valence-corrected chi connectivity index (χ3v) is 7.85. The standard InChI is InChI=1S/C22H48O2Si/c1-5-8-9-10-11-12-13-14-15-16-17-18-19-22-25(4,23-20-6-2)24-21-7-3/h5-22H2,1-4H3. The highest BCUT2D eigenvalue weighted by molar-refractivity contribution is 6.66. The summed E-state index contributed by atoms with van der Waals surface area (Å²) in [5, 5.41) is 0. The maximum Gasteiger partial charge on any atom is 0.334 e. The maximum atomic E-state index is 6.10. The van der Waals surface area contributed by atoms with Crippen molar-refractivity contribution in [1.29, 1.82) is 0 Å². The van der Waals surface area contributed by atoms with E-state index in [0.29, 0.717) is 0 Å². The molecule has 152 valence electrons. The van der Waals surface area contributed by atoms with E-state index in [1.807, 2.05) is 0 Å². The Labute approximate surface area is 160 Å². The second-order valence-corrected chi connectivity index (χ2v) is 11.2. The Bertz CT molecular complexity index is 250. The highest BCUT2D eigenvalue weighted by Gasteiger charge is 2.30. The molecule has 0 spiro atoms. The molecule has 3 heteroatoms. The van der Waals surface area contributed by atoms with Gasteiger partial charge in [0.25, 0.3) is 0 Å². The van der Waals surface area contributed by atoms with Crippen molar-refractivity contribution in [2.45, 2.75) is 130 Å². The molecule has 0 aromatic rings. The van der Waals surface area contributed by atoms with Crippen LogP contribution in [-0.2, 0) is 8.85 Å². The van der Waals surface area contributed by atoms with Gasteiger partial charge in [-0.1, -0.05) is 104 Å². The van der Waals surface area contributed by atoms with Crippen molar-refractivity contribution in [3.8, 4) is 0 Å². The molecule has 0 rings (SSSR count). The lowest BCUT2D eigenvalue weighted by molar-refractivity contribution is 0.172. The first kappa shape index (κ1) is 25.1. The predicted octanol–water partition coefficient (Wildman–Crippen LogP) is 8.00. The lowest BCUT2D eigenvalue weighted by atomic mass is 10.1. The van der Waals surface area contributed by atoms with Crippen molar-refractivity contribution >= 4 is 8.56 Å². The first-order valence-electron chi connectivity index (χ1n) is 11.5. The number of unbranched alkanes of at least 4 members (excludes halogenated alkanes) is 12. The van der Waals surface area contributed by atoms with Gasteiger partial charge in [0.2, 0.25) is 0 Å². The summed E-state index contributed by atoms with van der Waals surface area (Å²) in [5.41, 5.74) is 0. The Kier molecular flexibility index (Phi) is 19.0. The molecule has 0 heterocycles. The van der Waals surface area contributed by atoms with Gasteiger partial charge in [-0.15, -0.1) is 0 Å². The summed E-state index contributed by atoms with van der Waals surface area (Å²) < 4.78 is 12.2. The minimum absolute atomic E-state index is 0.866. The predicted molar refractivity (Wildman–Crippen MR) is 115 cm³/mol. The van der Waals surface area contributed by atoms with Gasteiger partial charge in [0.1, 0.15) is 0 Å². The zero-order valence-electron chi connectivity index (χ0n) is 18.0. The Morgan fingerprint density at radius 2 is 0.840 bits per heavy atom. The molecule has 0 fully saturated rings. The molecule has 0 saturated carbocycles. The summed E-state index contributed by atoms with van der Waals surface area (Å²) in [6.45, 7) is 10.6. The van der Waals surface area contributed by atoms with Crippen LogP contribution in [0.15, 0.2) is 0 Å². The van der Waals surface area contributed by atoms with Crippen LogP contribution in [0.25, 0.3) is 0 Å². The zero-order valence-corrected chi connectivity index (χ0v) is 19.0. The molecule has 0 aliphatic heterocycles. The molecule has 0 saturated heterocycles. The molecule has 0 radical (unpaired) electrons. The molecule has 0 aromatic heterocycles. The third kappa shape index (κ3) is 17.3. The first-order valence-corrected chi connectivity index (χ1v) is 14.0. The first-order chi connectivity index (χ1) is 12.2. The van der Waals surface area contributed by atoms with Crippen LogP contribution in [0.4, 0.5) is 0 Å². The summed E-state index contributed by atoms with van der Waals surface area (Å²) >= 11 is 0. The molecule has 0 bridgehead atoms. The van der Waals surface area contributed by atoms with Gasteiger partial charge in [0, 0.05) is 13.2 Å². The molecule has 2 nitrogen and oxygen atoms in total. The summed E-state index contributed by atoms with van der Waals surface area (Å²) in [4.78, 5) is 0. The van der Waals surface area contributed by atoms with E-state index in [4.69, 9.17) is 8.85 Å². The van der Waals surface area contributed by atoms with E-state index < -0.39 is 8.56 Å². The van der Waals surface area contributed by atoms with Gasteiger partial charge in [0.05, 0.1) is 0 Å². The Morgan fingerprint density at radius 3 is 1.20 bits per heavy atom. The zero-order chi connectivity index (χ0) is 18.6. The fourth-order valence-electron chi connectivity index (χ4n) is 3.29. The molecule has 0 amide bonds. The van der Waals surface area contributed by atoms with Gasteiger partial charge < -0.3 is 8.85 Å². The lowest BCUT2D eigenvalue weighted by Gasteiger charge is -2.27. The smallest absolute Gasteiger partial charge is 0.334 e. The molecule has 0 aliphatic carbocycles. The minimum Gasteiger partial charge on any atom is -0.394 e. The highest BCUT2D eigenvalue weighted by atomic mass is 28.4. The van der Waals surface area contributed by atoms with Gasteiger partial charge in [0.15, 0.2) is 0 Å². The number of hydrogen-bond donors (Lipinski definition) is 0. The van der Waals surface area contributed by atoms with Gasteiger partial charge in [-0.2, -0.15) is 0 Å². The quantitative estimate of drug-likeness (QED) is 0.159. The van der Waals surface area contributed by atoms with Crippen molar-refractivity contribution in [3.63, 3.8) is 0 Å². The number of hydrogen-bond acceptors (Lipinski definition) is 2. The van der Waals surface area contributed by atoms with E-state index in [1.165, 1.54) is 89.5 Å². The molecule has 0 N–H and O–H groups in total. The molecular formula is C22H48O2Si. The lowest BCUT2D eigenvalue weighted by Crippen LogP contribution is -2.39. The van der Waals surface area contributed by atoms with Gasteiger partial charge >= 0.3 is 8.56 Å². The topological polar surface area (TPSA) is 18.5 Å². The van der Waals surface area contributed by atoms with Gasteiger partial charge in [-0.25, -0.2) is 0 Å². The average molecular weight is 373 g/mol. The third-order valence-electron chi connectivity index (χ3n) is 4.96. The molecule has 0 atom stereocenters. The molecular weight excluding hydrogens is 324 g/mol. The SMILES string of the molecule is CCCCCCCCCCCCCCC[Si](C)(OCCC)OCCC. The van der Waals surface area contributed by atoms with E-state index >= 15 is 0 Å². The van der Waals surface area contributed by atoms with E-state index in [9.17, 15) is 0 Å². The van der Waals surface area contributed by atoms with Crippen molar-refractivity contribution < 1.29 is 8.85 Å².